The number of thiol groups is 1. The summed E-state index contributed by atoms with van der Waals surface area (Å²) in [5, 5.41) is 0. The summed E-state index contributed by atoms with van der Waals surface area (Å²) in [6, 6.07) is 0. The van der Waals surface area contributed by atoms with Gasteiger partial charge in [-0.25, -0.2) is 8.75 Å². The van der Waals surface area contributed by atoms with Crippen molar-refractivity contribution in [2.24, 2.45) is 5.73 Å². The van der Waals surface area contributed by atoms with Gasteiger partial charge in [0.1, 0.15) is 0 Å². The molecular weight excluding hydrogens is 282 g/mol. The molecule has 0 radical (unpaired) electrons. The number of nitrogens with two attached hydrogens (primary N) is 1. The summed E-state index contributed by atoms with van der Waals surface area (Å²) >= 11 is 4.80. The molecule has 2 N–H and O–H groups in total. The van der Waals surface area contributed by atoms with Crippen molar-refractivity contribution < 1.29 is 0 Å². The standard InChI is InChI=1S/C17H39NS2/c1-5-9-13-20(17(18)19,14-10-6-2,15-11-7-3)16-12-8-4/h19H,5-16,18H2,1-4H3. The van der Waals surface area contributed by atoms with E-state index in [-0.39, 0.29) is 0 Å². The highest BCUT2D eigenvalue weighted by Crippen LogP contribution is 2.62. The quantitative estimate of drug-likeness (QED) is 0.360. The minimum absolute atomic E-state index is 1.03. The zero-order chi connectivity index (χ0) is 15.5. The number of hydrogen-bond acceptors (Lipinski definition) is 0. The zero-order valence-electron chi connectivity index (χ0n) is 14.4. The van der Waals surface area contributed by atoms with Crippen LogP contribution in [0.5, 0.6) is 0 Å². The van der Waals surface area contributed by atoms with Crippen LogP contribution in [-0.2, 0) is 0 Å². The highest BCUT2D eigenvalue weighted by Gasteiger charge is 2.33. The Morgan fingerprint density at radius 2 is 0.950 bits per heavy atom. The van der Waals surface area contributed by atoms with Crippen LogP contribution in [0.25, 0.3) is 0 Å². The molecule has 0 bridgehead atoms. The minimum atomic E-state index is -1.64. The molecule has 0 aliphatic carbocycles. The van der Waals surface area contributed by atoms with Crippen LogP contribution in [0.3, 0.4) is 0 Å². The van der Waals surface area contributed by atoms with Crippen LogP contribution in [0.2, 0.25) is 0 Å². The lowest BCUT2D eigenvalue weighted by molar-refractivity contribution is 0.825. The first-order valence-electron chi connectivity index (χ1n) is 8.70. The van der Waals surface area contributed by atoms with E-state index in [0.29, 0.717) is 0 Å². The van der Waals surface area contributed by atoms with E-state index in [2.05, 4.69) is 27.7 Å². The van der Waals surface area contributed by atoms with E-state index in [1.165, 1.54) is 74.4 Å². The second-order valence-electron chi connectivity index (χ2n) is 6.37. The van der Waals surface area contributed by atoms with Crippen molar-refractivity contribution >= 4 is 25.7 Å². The third kappa shape index (κ3) is 5.38. The Kier molecular flexibility index (Phi) is 10.6. The largest absolute Gasteiger partial charge is 0.294 e. The molecule has 0 rings (SSSR count). The van der Waals surface area contributed by atoms with E-state index in [9.17, 15) is 0 Å². The van der Waals surface area contributed by atoms with Gasteiger partial charge in [-0.2, -0.15) is 0 Å². The highest BCUT2D eigenvalue weighted by molar-refractivity contribution is 8.53. The topological polar surface area (TPSA) is 26.0 Å². The Balaban J connectivity index is 5.62. The van der Waals surface area contributed by atoms with Crippen molar-refractivity contribution in [1.29, 1.82) is 0 Å². The van der Waals surface area contributed by atoms with Crippen LogP contribution < -0.4 is 5.73 Å². The van der Waals surface area contributed by atoms with E-state index in [0.717, 1.165) is 4.32 Å². The molecule has 0 heterocycles. The van der Waals surface area contributed by atoms with Gasteiger partial charge in [0.05, 0.1) is 4.32 Å². The molecule has 0 saturated carbocycles. The normalized spacial score (nSPS) is 14.0. The first-order chi connectivity index (χ1) is 9.51. The van der Waals surface area contributed by atoms with Gasteiger partial charge in [0.15, 0.2) is 0 Å². The fraction of sp³-hybridized carbons (Fsp3) is 0.941. The first kappa shape index (κ1) is 20.5. The SMILES string of the molecule is CCCCS(CCCC)(CCCC)(CCCC)=C(N)S. The van der Waals surface area contributed by atoms with Crippen molar-refractivity contribution in [3.8, 4) is 0 Å². The van der Waals surface area contributed by atoms with Crippen molar-refractivity contribution in [3.05, 3.63) is 0 Å². The molecule has 0 amide bonds. The van der Waals surface area contributed by atoms with Crippen LogP contribution >= 0.6 is 21.4 Å². The van der Waals surface area contributed by atoms with Crippen LogP contribution in [0, 0.1) is 0 Å². The monoisotopic (exact) mass is 321 g/mol. The average molecular weight is 322 g/mol. The van der Waals surface area contributed by atoms with Crippen LogP contribution in [0.4, 0.5) is 0 Å². The summed E-state index contributed by atoms with van der Waals surface area (Å²) in [5.74, 6) is 5.35. The van der Waals surface area contributed by atoms with Gasteiger partial charge in [-0.3, -0.25) is 5.73 Å². The number of unbranched alkanes of at least 4 members (excludes halogenated alkanes) is 4. The van der Waals surface area contributed by atoms with E-state index in [1.54, 1.807) is 0 Å². The Bertz CT molecular complexity index is 263. The maximum atomic E-state index is 6.50. The summed E-state index contributed by atoms with van der Waals surface area (Å²) < 4.78 is 1.03. The predicted molar refractivity (Wildman–Crippen MR) is 105 cm³/mol. The van der Waals surface area contributed by atoms with E-state index in [1.807, 2.05) is 0 Å². The van der Waals surface area contributed by atoms with Gasteiger partial charge in [-0.1, -0.05) is 53.4 Å². The number of rotatable bonds is 12. The van der Waals surface area contributed by atoms with Gasteiger partial charge in [0.25, 0.3) is 0 Å². The van der Waals surface area contributed by atoms with Gasteiger partial charge < -0.3 is 0 Å². The van der Waals surface area contributed by atoms with Gasteiger partial charge in [0.2, 0.25) is 0 Å². The lowest BCUT2D eigenvalue weighted by Gasteiger charge is -2.52. The molecule has 0 aromatic heterocycles. The maximum absolute atomic E-state index is 6.50. The molecular formula is C17H39NS2. The molecule has 0 fully saturated rings. The summed E-state index contributed by atoms with van der Waals surface area (Å²) in [6.07, 6.45) is 10.4. The van der Waals surface area contributed by atoms with Crippen molar-refractivity contribution in [2.75, 3.05) is 23.0 Å². The van der Waals surface area contributed by atoms with Crippen molar-refractivity contribution in [3.63, 3.8) is 0 Å². The van der Waals surface area contributed by atoms with Gasteiger partial charge in [-0.15, -0.1) is 12.6 Å². The van der Waals surface area contributed by atoms with Crippen molar-refractivity contribution in [1.82, 2.24) is 0 Å². The molecule has 1 nitrogen and oxygen atoms in total. The van der Waals surface area contributed by atoms with Crippen molar-refractivity contribution in [2.45, 2.75) is 79.1 Å². The van der Waals surface area contributed by atoms with E-state index in [4.69, 9.17) is 18.4 Å². The Hall–Kier alpha value is 0.530. The molecule has 0 aromatic carbocycles. The average Bonchev–Trinajstić information content (AvgIpc) is 2.46. The molecule has 124 valence electrons. The molecule has 0 aliphatic heterocycles. The molecule has 0 aliphatic rings. The summed E-state index contributed by atoms with van der Waals surface area (Å²) in [5.41, 5.74) is 6.50. The van der Waals surface area contributed by atoms with Crippen LogP contribution in [0.15, 0.2) is 0 Å². The van der Waals surface area contributed by atoms with Gasteiger partial charge >= 0.3 is 0 Å². The molecule has 0 unspecified atom stereocenters. The van der Waals surface area contributed by atoms with Gasteiger partial charge in [-0.05, 0) is 48.7 Å². The smallest absolute Gasteiger partial charge is 0.0527 e. The molecule has 0 atom stereocenters. The highest BCUT2D eigenvalue weighted by atomic mass is 32.3. The van der Waals surface area contributed by atoms with E-state index >= 15 is 0 Å². The Morgan fingerprint density at radius 3 is 1.10 bits per heavy atom. The Morgan fingerprint density at radius 1 is 0.700 bits per heavy atom. The lowest BCUT2D eigenvalue weighted by Crippen LogP contribution is -2.33. The number of hydrogen-bond donors (Lipinski definition) is 2. The minimum Gasteiger partial charge on any atom is -0.294 e. The predicted octanol–water partition coefficient (Wildman–Crippen LogP) is 5.50. The fourth-order valence-corrected chi connectivity index (χ4v) is 10.5. The second-order valence-corrected chi connectivity index (χ2v) is 12.8. The summed E-state index contributed by atoms with van der Waals surface area (Å²) in [7, 11) is -1.64. The third-order valence-electron chi connectivity index (χ3n) is 4.72. The second kappa shape index (κ2) is 10.3. The third-order valence-corrected chi connectivity index (χ3v) is 12.9. The fourth-order valence-electron chi connectivity index (χ4n) is 3.12. The van der Waals surface area contributed by atoms with E-state index < -0.39 is 8.75 Å². The Labute approximate surface area is 133 Å². The summed E-state index contributed by atoms with van der Waals surface area (Å²) in [4.78, 5) is 0. The lowest BCUT2D eigenvalue weighted by atomic mass is 10.4. The van der Waals surface area contributed by atoms with Crippen LogP contribution in [0.1, 0.15) is 79.1 Å². The molecule has 0 saturated heterocycles. The van der Waals surface area contributed by atoms with Gasteiger partial charge in [0, 0.05) is 0 Å². The molecule has 20 heavy (non-hydrogen) atoms. The molecule has 0 spiro atoms. The first-order valence-corrected chi connectivity index (χ1v) is 11.9. The van der Waals surface area contributed by atoms with Crippen LogP contribution in [-0.4, -0.2) is 27.3 Å². The molecule has 3 heteroatoms. The maximum Gasteiger partial charge on any atom is 0.0527 e. The summed E-state index contributed by atoms with van der Waals surface area (Å²) in [6.45, 7) is 9.21. The molecule has 0 aromatic rings. The zero-order valence-corrected chi connectivity index (χ0v) is 16.1.